The zero-order valence-corrected chi connectivity index (χ0v) is 16.3. The molecule has 4 bridgehead atoms. The molecular weight excluding hydrogens is 320 g/mol. The second-order valence-corrected chi connectivity index (χ2v) is 9.72. The highest BCUT2D eigenvalue weighted by Crippen LogP contribution is 2.60. The second-order valence-electron chi connectivity index (χ2n) is 9.72. The summed E-state index contributed by atoms with van der Waals surface area (Å²) in [5.41, 5.74) is 2.11. The maximum Gasteiger partial charge on any atom is 0.119 e. The van der Waals surface area contributed by atoms with Crippen molar-refractivity contribution in [1.29, 1.82) is 0 Å². The van der Waals surface area contributed by atoms with E-state index in [1.165, 1.54) is 64.7 Å². The molecule has 1 aromatic rings. The van der Waals surface area contributed by atoms with Crippen molar-refractivity contribution in [3.63, 3.8) is 0 Å². The molecule has 142 valence electrons. The van der Waals surface area contributed by atoms with E-state index in [-0.39, 0.29) is 0 Å². The molecule has 0 spiro atoms. The first-order valence-corrected chi connectivity index (χ1v) is 10.8. The predicted molar refractivity (Wildman–Crippen MR) is 106 cm³/mol. The Morgan fingerprint density at radius 2 is 1.46 bits per heavy atom. The number of rotatable bonds is 5. The van der Waals surface area contributed by atoms with Crippen molar-refractivity contribution in [2.45, 2.75) is 43.9 Å². The largest absolute Gasteiger partial charge is 0.492 e. The molecule has 3 nitrogen and oxygen atoms in total. The summed E-state index contributed by atoms with van der Waals surface area (Å²) in [6.45, 7) is 6.56. The maximum absolute atomic E-state index is 6.05. The van der Waals surface area contributed by atoms with E-state index >= 15 is 0 Å². The van der Waals surface area contributed by atoms with Gasteiger partial charge in [0.25, 0.3) is 0 Å². The van der Waals surface area contributed by atoms with E-state index < -0.39 is 0 Å². The van der Waals surface area contributed by atoms with Gasteiger partial charge >= 0.3 is 0 Å². The molecule has 0 N–H and O–H groups in total. The lowest BCUT2D eigenvalue weighted by atomic mass is 9.48. The van der Waals surface area contributed by atoms with Crippen LogP contribution in [-0.4, -0.2) is 56.2 Å². The highest BCUT2D eigenvalue weighted by atomic mass is 16.5. The molecule has 0 radical (unpaired) electrons. The molecule has 5 aliphatic rings. The summed E-state index contributed by atoms with van der Waals surface area (Å²) in [4.78, 5) is 4.92. The molecule has 1 heterocycles. The van der Waals surface area contributed by atoms with E-state index in [0.29, 0.717) is 5.41 Å². The molecule has 0 unspecified atom stereocenters. The number of likely N-dealkylation sites (N-methyl/N-ethyl adjacent to an activating group) is 1. The summed E-state index contributed by atoms with van der Waals surface area (Å²) in [6.07, 6.45) is 8.90. The highest BCUT2D eigenvalue weighted by molar-refractivity contribution is 5.34. The third-order valence-corrected chi connectivity index (χ3v) is 7.78. The van der Waals surface area contributed by atoms with Crippen LogP contribution in [0.2, 0.25) is 0 Å². The van der Waals surface area contributed by atoms with Crippen molar-refractivity contribution >= 4 is 0 Å². The lowest BCUT2D eigenvalue weighted by molar-refractivity contribution is -0.00520. The first-order valence-electron chi connectivity index (χ1n) is 10.8. The zero-order valence-electron chi connectivity index (χ0n) is 16.3. The molecule has 1 aliphatic heterocycles. The fourth-order valence-corrected chi connectivity index (χ4v) is 6.73. The third kappa shape index (κ3) is 3.29. The molecule has 5 fully saturated rings. The Balaban J connectivity index is 1.17. The molecule has 4 saturated carbocycles. The van der Waals surface area contributed by atoms with Gasteiger partial charge in [-0.1, -0.05) is 12.1 Å². The Kier molecular flexibility index (Phi) is 4.48. The van der Waals surface area contributed by atoms with Gasteiger partial charge < -0.3 is 9.64 Å². The minimum absolute atomic E-state index is 0.507. The molecule has 0 amide bonds. The second kappa shape index (κ2) is 6.83. The number of hydrogen-bond acceptors (Lipinski definition) is 3. The molecule has 6 rings (SSSR count). The summed E-state index contributed by atoms with van der Waals surface area (Å²) >= 11 is 0. The Morgan fingerprint density at radius 1 is 0.885 bits per heavy atom. The molecule has 1 saturated heterocycles. The molecule has 1 aromatic carbocycles. The van der Waals surface area contributed by atoms with E-state index in [1.54, 1.807) is 5.56 Å². The molecule has 26 heavy (non-hydrogen) atoms. The molecule has 4 aliphatic carbocycles. The van der Waals surface area contributed by atoms with Crippen LogP contribution in [-0.2, 0) is 5.41 Å². The van der Waals surface area contributed by atoms with Crippen LogP contribution < -0.4 is 4.74 Å². The van der Waals surface area contributed by atoms with Crippen LogP contribution in [0.25, 0.3) is 0 Å². The van der Waals surface area contributed by atoms with Crippen LogP contribution in [0.1, 0.15) is 44.1 Å². The van der Waals surface area contributed by atoms with Gasteiger partial charge in [0.15, 0.2) is 0 Å². The summed E-state index contributed by atoms with van der Waals surface area (Å²) < 4.78 is 6.05. The van der Waals surface area contributed by atoms with E-state index in [1.807, 2.05) is 0 Å². The smallest absolute Gasteiger partial charge is 0.119 e. The lowest BCUT2D eigenvalue weighted by Gasteiger charge is -2.57. The first-order chi connectivity index (χ1) is 12.7. The van der Waals surface area contributed by atoms with E-state index in [2.05, 4.69) is 41.1 Å². The van der Waals surface area contributed by atoms with Gasteiger partial charge in [0.1, 0.15) is 12.4 Å². The van der Waals surface area contributed by atoms with Gasteiger partial charge in [0, 0.05) is 32.7 Å². The standard InChI is InChI=1S/C23H34N2O/c1-24-6-8-25(9-7-24)10-11-26-22-4-2-21(3-5-22)23-15-18-12-19(16-23)14-20(13-18)17-23/h2-5,18-20H,6-17H2,1H3. The van der Waals surface area contributed by atoms with Crippen LogP contribution >= 0.6 is 0 Å². The van der Waals surface area contributed by atoms with E-state index in [4.69, 9.17) is 4.74 Å². The monoisotopic (exact) mass is 354 g/mol. The number of nitrogens with zero attached hydrogens (tertiary/aromatic N) is 2. The van der Waals surface area contributed by atoms with Gasteiger partial charge in [-0.05, 0) is 86.4 Å². The first kappa shape index (κ1) is 17.1. The topological polar surface area (TPSA) is 15.7 Å². The molecular formula is C23H34N2O. The Labute approximate surface area is 158 Å². The van der Waals surface area contributed by atoms with E-state index in [9.17, 15) is 0 Å². The van der Waals surface area contributed by atoms with Crippen LogP contribution in [0.4, 0.5) is 0 Å². The summed E-state index contributed by atoms with van der Waals surface area (Å²) in [6, 6.07) is 9.24. The minimum Gasteiger partial charge on any atom is -0.492 e. The quantitative estimate of drug-likeness (QED) is 0.800. The fourth-order valence-electron chi connectivity index (χ4n) is 6.73. The van der Waals surface area contributed by atoms with Crippen LogP contribution in [0, 0.1) is 17.8 Å². The average molecular weight is 355 g/mol. The van der Waals surface area contributed by atoms with Crippen molar-refractivity contribution in [2.75, 3.05) is 46.4 Å². The molecule has 3 heteroatoms. The SMILES string of the molecule is CN1CCN(CCOc2ccc(C34CC5CC(CC(C5)C3)C4)cc2)CC1. The van der Waals surface area contributed by atoms with Gasteiger partial charge in [-0.15, -0.1) is 0 Å². The lowest BCUT2D eigenvalue weighted by Crippen LogP contribution is -2.48. The van der Waals surface area contributed by atoms with Crippen LogP contribution in [0.15, 0.2) is 24.3 Å². The number of ether oxygens (including phenoxy) is 1. The van der Waals surface area contributed by atoms with Crippen molar-refractivity contribution in [2.24, 2.45) is 17.8 Å². The van der Waals surface area contributed by atoms with Crippen molar-refractivity contribution < 1.29 is 4.74 Å². The Morgan fingerprint density at radius 3 is 2.04 bits per heavy atom. The van der Waals surface area contributed by atoms with Crippen molar-refractivity contribution in [1.82, 2.24) is 9.80 Å². The Bertz CT molecular complexity index is 582. The molecule has 0 atom stereocenters. The van der Waals surface area contributed by atoms with Crippen LogP contribution in [0.5, 0.6) is 5.75 Å². The van der Waals surface area contributed by atoms with E-state index in [0.717, 1.165) is 36.7 Å². The van der Waals surface area contributed by atoms with Crippen LogP contribution in [0.3, 0.4) is 0 Å². The number of hydrogen-bond donors (Lipinski definition) is 0. The predicted octanol–water partition coefficient (Wildman–Crippen LogP) is 3.78. The fraction of sp³-hybridized carbons (Fsp3) is 0.739. The average Bonchev–Trinajstić information content (AvgIpc) is 2.63. The molecule has 0 aromatic heterocycles. The maximum atomic E-state index is 6.05. The summed E-state index contributed by atoms with van der Waals surface area (Å²) in [7, 11) is 2.21. The van der Waals surface area contributed by atoms with Crippen molar-refractivity contribution in [3.8, 4) is 5.75 Å². The van der Waals surface area contributed by atoms with Crippen molar-refractivity contribution in [3.05, 3.63) is 29.8 Å². The van der Waals surface area contributed by atoms with Gasteiger partial charge in [0.05, 0.1) is 0 Å². The third-order valence-electron chi connectivity index (χ3n) is 7.78. The summed E-state index contributed by atoms with van der Waals surface area (Å²) in [5.74, 6) is 4.09. The van der Waals surface area contributed by atoms with Gasteiger partial charge in [-0.25, -0.2) is 0 Å². The number of piperazine rings is 1. The highest BCUT2D eigenvalue weighted by Gasteiger charge is 2.51. The Hall–Kier alpha value is -1.06. The van der Waals surface area contributed by atoms with Gasteiger partial charge in [-0.2, -0.15) is 0 Å². The van der Waals surface area contributed by atoms with Gasteiger partial charge in [0.2, 0.25) is 0 Å². The zero-order chi connectivity index (χ0) is 17.6. The van der Waals surface area contributed by atoms with Gasteiger partial charge in [-0.3, -0.25) is 4.90 Å². The summed E-state index contributed by atoms with van der Waals surface area (Å²) in [5, 5.41) is 0. The number of benzene rings is 1. The normalized spacial score (nSPS) is 37.2. The minimum atomic E-state index is 0.507.